The molecule has 0 atom stereocenters. The molecule has 2 heterocycles. The van der Waals surface area contributed by atoms with Gasteiger partial charge in [-0.1, -0.05) is 43.7 Å². The number of ether oxygens (including phenoxy) is 1. The minimum absolute atomic E-state index is 0.0886. The molecule has 0 spiro atoms. The molecule has 2 aromatic heterocycles. The Morgan fingerprint density at radius 3 is 2.97 bits per heavy atom. The first-order valence-electron chi connectivity index (χ1n) is 11.0. The van der Waals surface area contributed by atoms with E-state index < -0.39 is 0 Å². The van der Waals surface area contributed by atoms with Gasteiger partial charge in [-0.2, -0.15) is 9.78 Å². The van der Waals surface area contributed by atoms with Crippen LogP contribution in [0.15, 0.2) is 52.6 Å². The van der Waals surface area contributed by atoms with Gasteiger partial charge in [0.1, 0.15) is 16.9 Å². The molecule has 0 N–H and O–H groups in total. The molecule has 0 radical (unpaired) electrons. The second-order valence-corrected chi connectivity index (χ2v) is 9.01. The molecule has 158 valence electrons. The zero-order valence-corrected chi connectivity index (χ0v) is 18.5. The summed E-state index contributed by atoms with van der Waals surface area (Å²) in [5, 5.41) is 7.44. The lowest BCUT2D eigenvalue weighted by Crippen LogP contribution is -2.18. The average Bonchev–Trinajstić information content (AvgIpc) is 3.19. The molecule has 0 bridgehead atoms. The minimum atomic E-state index is -0.0886. The van der Waals surface area contributed by atoms with Crippen LogP contribution in [0.5, 0.6) is 5.75 Å². The molecule has 5 nitrogen and oxygen atoms in total. The fraction of sp³-hybridized carbons (Fsp3) is 0.320. The molecule has 6 heteroatoms. The van der Waals surface area contributed by atoms with Crippen LogP contribution in [0, 0.1) is 0 Å². The second kappa shape index (κ2) is 8.63. The lowest BCUT2D eigenvalue weighted by atomic mass is 9.97. The Bertz CT molecular complexity index is 1340. The highest BCUT2D eigenvalue weighted by Gasteiger charge is 2.20. The topological polar surface area (TPSA) is 56.5 Å². The summed E-state index contributed by atoms with van der Waals surface area (Å²) in [6.45, 7) is 2.80. The van der Waals surface area contributed by atoms with Crippen molar-refractivity contribution in [3.05, 3.63) is 69.1 Å². The third kappa shape index (κ3) is 3.76. The van der Waals surface area contributed by atoms with Crippen molar-refractivity contribution in [3.63, 3.8) is 0 Å². The molecular formula is C25H25N3O2S. The first-order chi connectivity index (χ1) is 15.3. The summed E-state index contributed by atoms with van der Waals surface area (Å²) in [5.74, 6) is 0.783. The third-order valence-electron chi connectivity index (χ3n) is 5.86. The maximum Gasteiger partial charge on any atom is 0.282 e. The molecule has 31 heavy (non-hydrogen) atoms. The molecule has 0 fully saturated rings. The monoisotopic (exact) mass is 431 g/mol. The lowest BCUT2D eigenvalue weighted by molar-refractivity contribution is 0.309. The van der Waals surface area contributed by atoms with E-state index in [0.29, 0.717) is 6.61 Å². The maximum atomic E-state index is 13.2. The Kier molecular flexibility index (Phi) is 5.55. The van der Waals surface area contributed by atoms with Gasteiger partial charge in [-0.25, -0.2) is 4.98 Å². The van der Waals surface area contributed by atoms with Gasteiger partial charge in [0.05, 0.1) is 18.2 Å². The highest BCUT2D eigenvalue weighted by Crippen LogP contribution is 2.33. The molecule has 0 saturated carbocycles. The van der Waals surface area contributed by atoms with Crippen LogP contribution in [0.4, 0.5) is 0 Å². The van der Waals surface area contributed by atoms with Crippen molar-refractivity contribution in [2.24, 2.45) is 5.10 Å². The van der Waals surface area contributed by atoms with Crippen LogP contribution in [0.3, 0.4) is 0 Å². The first kappa shape index (κ1) is 19.9. The molecular weight excluding hydrogens is 406 g/mol. The van der Waals surface area contributed by atoms with E-state index in [9.17, 15) is 4.79 Å². The van der Waals surface area contributed by atoms with Gasteiger partial charge in [0.15, 0.2) is 0 Å². The number of benzene rings is 2. The van der Waals surface area contributed by atoms with Crippen LogP contribution in [-0.4, -0.2) is 22.5 Å². The van der Waals surface area contributed by atoms with Crippen molar-refractivity contribution in [2.75, 3.05) is 6.61 Å². The Morgan fingerprint density at radius 1 is 1.19 bits per heavy atom. The number of thiophene rings is 1. The predicted octanol–water partition coefficient (Wildman–Crippen LogP) is 5.55. The van der Waals surface area contributed by atoms with Gasteiger partial charge >= 0.3 is 0 Å². The van der Waals surface area contributed by atoms with Crippen molar-refractivity contribution in [1.82, 2.24) is 9.66 Å². The predicted molar refractivity (Wildman–Crippen MR) is 128 cm³/mol. The van der Waals surface area contributed by atoms with Crippen LogP contribution in [-0.2, 0) is 12.8 Å². The van der Waals surface area contributed by atoms with Crippen molar-refractivity contribution in [3.8, 4) is 5.75 Å². The molecule has 1 aliphatic rings. The summed E-state index contributed by atoms with van der Waals surface area (Å²) in [6, 6.07) is 12.2. The van der Waals surface area contributed by atoms with E-state index in [2.05, 4.69) is 35.2 Å². The first-order valence-corrected chi connectivity index (χ1v) is 11.8. The number of aryl methyl sites for hydroxylation is 2. The van der Waals surface area contributed by atoms with E-state index in [1.54, 1.807) is 17.6 Å². The summed E-state index contributed by atoms with van der Waals surface area (Å²) < 4.78 is 7.41. The molecule has 1 aliphatic carbocycles. The van der Waals surface area contributed by atoms with Gasteiger partial charge < -0.3 is 4.74 Å². The summed E-state index contributed by atoms with van der Waals surface area (Å²) in [4.78, 5) is 19.9. The van der Waals surface area contributed by atoms with Gasteiger partial charge in [0.2, 0.25) is 0 Å². The maximum absolute atomic E-state index is 13.2. The SMILES string of the molecule is CCCCOc1ccc2ccccc2c1/C=N\n1cnc2sc3c(c2c1=O)CCCC3. The van der Waals surface area contributed by atoms with E-state index in [-0.39, 0.29) is 5.56 Å². The smallest absolute Gasteiger partial charge is 0.282 e. The summed E-state index contributed by atoms with van der Waals surface area (Å²) in [5.41, 5.74) is 1.98. The van der Waals surface area contributed by atoms with Crippen LogP contribution >= 0.6 is 11.3 Å². The summed E-state index contributed by atoms with van der Waals surface area (Å²) in [6.07, 6.45) is 9.66. The quantitative estimate of drug-likeness (QED) is 0.297. The summed E-state index contributed by atoms with van der Waals surface area (Å²) >= 11 is 1.66. The molecule has 4 aromatic rings. The molecule has 5 rings (SSSR count). The second-order valence-electron chi connectivity index (χ2n) is 7.93. The number of rotatable bonds is 6. The fourth-order valence-corrected chi connectivity index (χ4v) is 5.42. The average molecular weight is 432 g/mol. The van der Waals surface area contributed by atoms with E-state index in [0.717, 1.165) is 64.4 Å². The Balaban J connectivity index is 1.58. The van der Waals surface area contributed by atoms with Crippen LogP contribution in [0.1, 0.15) is 48.6 Å². The number of unbranched alkanes of at least 4 members (excludes halogenated alkanes) is 1. The zero-order chi connectivity index (χ0) is 21.2. The standard InChI is InChI=1S/C25H25N3O2S/c1-2-3-14-30-21-13-12-17-8-4-5-9-18(17)20(21)15-27-28-16-26-24-23(25(28)29)19-10-6-7-11-22(19)31-24/h4-5,8-9,12-13,15-16H,2-3,6-7,10-11,14H2,1H3/b27-15-. The molecule has 0 aliphatic heterocycles. The van der Waals surface area contributed by atoms with Crippen molar-refractivity contribution in [1.29, 1.82) is 0 Å². The molecule has 0 saturated heterocycles. The highest BCUT2D eigenvalue weighted by molar-refractivity contribution is 7.18. The third-order valence-corrected chi connectivity index (χ3v) is 7.06. The molecule has 2 aromatic carbocycles. The highest BCUT2D eigenvalue weighted by atomic mass is 32.1. The lowest BCUT2D eigenvalue weighted by Gasteiger charge is -2.11. The Morgan fingerprint density at radius 2 is 2.06 bits per heavy atom. The number of hydrogen-bond donors (Lipinski definition) is 0. The Labute approximate surface area is 185 Å². The van der Waals surface area contributed by atoms with Crippen molar-refractivity contribution in [2.45, 2.75) is 45.4 Å². The van der Waals surface area contributed by atoms with E-state index in [1.165, 1.54) is 27.9 Å². The number of fused-ring (bicyclic) bond motifs is 4. The van der Waals surface area contributed by atoms with E-state index >= 15 is 0 Å². The normalized spacial score (nSPS) is 13.8. The van der Waals surface area contributed by atoms with Gasteiger partial charge in [-0.15, -0.1) is 11.3 Å². The van der Waals surface area contributed by atoms with E-state index in [1.807, 2.05) is 18.2 Å². The Hall–Kier alpha value is -2.99. The van der Waals surface area contributed by atoms with Crippen molar-refractivity contribution < 1.29 is 4.74 Å². The number of hydrogen-bond acceptors (Lipinski definition) is 5. The zero-order valence-electron chi connectivity index (χ0n) is 17.6. The summed E-state index contributed by atoms with van der Waals surface area (Å²) in [7, 11) is 0. The minimum Gasteiger partial charge on any atom is -0.493 e. The molecule has 0 unspecified atom stereocenters. The van der Waals surface area contributed by atoms with Crippen LogP contribution < -0.4 is 10.3 Å². The largest absolute Gasteiger partial charge is 0.493 e. The fourth-order valence-electron chi connectivity index (χ4n) is 4.20. The number of nitrogens with zero attached hydrogens (tertiary/aromatic N) is 3. The van der Waals surface area contributed by atoms with Crippen LogP contribution in [0.2, 0.25) is 0 Å². The molecule has 0 amide bonds. The van der Waals surface area contributed by atoms with Gasteiger partial charge in [0.25, 0.3) is 5.56 Å². The van der Waals surface area contributed by atoms with Gasteiger partial charge in [-0.05, 0) is 54.5 Å². The van der Waals surface area contributed by atoms with Crippen LogP contribution in [0.25, 0.3) is 21.0 Å². The van der Waals surface area contributed by atoms with Crippen molar-refractivity contribution >= 4 is 38.5 Å². The van der Waals surface area contributed by atoms with Gasteiger partial charge in [0, 0.05) is 10.4 Å². The van der Waals surface area contributed by atoms with E-state index in [4.69, 9.17) is 4.74 Å². The van der Waals surface area contributed by atoms with Gasteiger partial charge in [-0.3, -0.25) is 4.79 Å². The number of aromatic nitrogens is 2.